The summed E-state index contributed by atoms with van der Waals surface area (Å²) in [4.78, 5) is 14.9. The largest absolute Gasteiger partial charge is 0.300 e. The summed E-state index contributed by atoms with van der Waals surface area (Å²) in [5, 5.41) is 0. The number of unbranched alkanes of at least 4 members (excludes halogenated alkanes) is 1. The highest BCUT2D eigenvalue weighted by Gasteiger charge is 2.42. The van der Waals surface area contributed by atoms with E-state index in [1.54, 1.807) is 0 Å². The van der Waals surface area contributed by atoms with Crippen LogP contribution in [0.25, 0.3) is 0 Å². The molecular weight excluding hydrogens is 356 g/mol. The van der Waals surface area contributed by atoms with E-state index < -0.39 is 17.0 Å². The molecule has 0 saturated carbocycles. The molecule has 1 fully saturated rings. The first kappa shape index (κ1) is 20.7. The van der Waals surface area contributed by atoms with Crippen LogP contribution in [0.2, 0.25) is 0 Å². The number of carbonyl (C=O) groups is 1. The molecule has 2 nitrogen and oxygen atoms in total. The number of ketones is 1. The summed E-state index contributed by atoms with van der Waals surface area (Å²) in [5.41, 5.74) is 0.468. The Balaban J connectivity index is 1.90. The number of nitrogens with zero attached hydrogens (tertiary/aromatic N) is 1. The summed E-state index contributed by atoms with van der Waals surface area (Å²) in [6, 6.07) is 14.1. The fraction of sp³-hybridized carbons (Fsp3) is 0.458. The molecule has 0 amide bonds. The van der Waals surface area contributed by atoms with Gasteiger partial charge in [0.05, 0.1) is 0 Å². The molecule has 2 aromatic rings. The normalized spacial score (nSPS) is 20.2. The smallest absolute Gasteiger partial charge is 0.133 e. The standard InChI is InChI=1S/C24H29F2NO/c1-2-3-11-20(28)16-24(23-21(25)12-7-13-22(23)26)14-8-15-27(18-24)17-19-9-5-4-6-10-19/h4-7,9-10,12-13H,2-3,8,11,14-18H2,1H3. The van der Waals surface area contributed by atoms with Gasteiger partial charge in [0.2, 0.25) is 0 Å². The van der Waals surface area contributed by atoms with Crippen molar-refractivity contribution >= 4 is 5.78 Å². The minimum atomic E-state index is -0.798. The van der Waals surface area contributed by atoms with Crippen molar-refractivity contribution in [3.8, 4) is 0 Å². The van der Waals surface area contributed by atoms with Crippen LogP contribution in [-0.2, 0) is 16.8 Å². The fourth-order valence-corrected chi connectivity index (χ4v) is 4.48. The topological polar surface area (TPSA) is 20.3 Å². The maximum atomic E-state index is 14.8. The molecule has 1 heterocycles. The van der Waals surface area contributed by atoms with Crippen molar-refractivity contribution in [2.75, 3.05) is 13.1 Å². The van der Waals surface area contributed by atoms with Crippen molar-refractivity contribution < 1.29 is 13.6 Å². The van der Waals surface area contributed by atoms with Crippen LogP contribution < -0.4 is 0 Å². The van der Waals surface area contributed by atoms with E-state index in [-0.39, 0.29) is 17.8 Å². The number of piperidine rings is 1. The van der Waals surface area contributed by atoms with Gasteiger partial charge < -0.3 is 0 Å². The van der Waals surface area contributed by atoms with Gasteiger partial charge in [-0.1, -0.05) is 49.7 Å². The third kappa shape index (κ3) is 4.85. The van der Waals surface area contributed by atoms with Gasteiger partial charge in [-0.2, -0.15) is 0 Å². The summed E-state index contributed by atoms with van der Waals surface area (Å²) in [6.07, 6.45) is 3.90. The summed E-state index contributed by atoms with van der Waals surface area (Å²) >= 11 is 0. The molecule has 0 aliphatic carbocycles. The highest BCUT2D eigenvalue weighted by molar-refractivity contribution is 5.80. The first-order valence-electron chi connectivity index (χ1n) is 10.3. The molecule has 1 unspecified atom stereocenters. The van der Waals surface area contributed by atoms with Crippen molar-refractivity contribution in [2.45, 2.75) is 57.4 Å². The quantitative estimate of drug-likeness (QED) is 0.585. The van der Waals surface area contributed by atoms with Crippen LogP contribution in [0, 0.1) is 11.6 Å². The van der Waals surface area contributed by atoms with Gasteiger partial charge in [-0.3, -0.25) is 9.69 Å². The van der Waals surface area contributed by atoms with Crippen LogP contribution >= 0.6 is 0 Å². The lowest BCUT2D eigenvalue weighted by molar-refractivity contribution is -0.121. The molecule has 1 aliphatic heterocycles. The zero-order valence-electron chi connectivity index (χ0n) is 16.6. The minimum Gasteiger partial charge on any atom is -0.300 e. The second-order valence-electron chi connectivity index (χ2n) is 8.00. The van der Waals surface area contributed by atoms with Crippen molar-refractivity contribution in [1.82, 2.24) is 4.90 Å². The molecule has 150 valence electrons. The van der Waals surface area contributed by atoms with Crippen molar-refractivity contribution in [3.63, 3.8) is 0 Å². The molecule has 2 aromatic carbocycles. The number of benzene rings is 2. The zero-order valence-corrected chi connectivity index (χ0v) is 16.6. The molecule has 1 saturated heterocycles. The molecule has 0 aromatic heterocycles. The van der Waals surface area contributed by atoms with Crippen LogP contribution in [0.15, 0.2) is 48.5 Å². The molecule has 0 N–H and O–H groups in total. The Morgan fingerprint density at radius 3 is 2.46 bits per heavy atom. The van der Waals surface area contributed by atoms with E-state index in [0.29, 0.717) is 19.4 Å². The first-order valence-corrected chi connectivity index (χ1v) is 10.3. The van der Waals surface area contributed by atoms with Crippen molar-refractivity contribution in [1.29, 1.82) is 0 Å². The maximum Gasteiger partial charge on any atom is 0.133 e. The summed E-state index contributed by atoms with van der Waals surface area (Å²) in [7, 11) is 0. The second kappa shape index (κ2) is 9.42. The number of hydrogen-bond donors (Lipinski definition) is 0. The molecule has 0 spiro atoms. The Hall–Kier alpha value is -2.07. The Morgan fingerprint density at radius 2 is 1.79 bits per heavy atom. The molecule has 0 radical (unpaired) electrons. The highest BCUT2D eigenvalue weighted by atomic mass is 19.1. The van der Waals surface area contributed by atoms with Crippen LogP contribution in [0.5, 0.6) is 0 Å². The number of rotatable bonds is 8. The van der Waals surface area contributed by atoms with E-state index in [1.807, 2.05) is 25.1 Å². The lowest BCUT2D eigenvalue weighted by Gasteiger charge is -2.43. The van der Waals surface area contributed by atoms with E-state index in [1.165, 1.54) is 23.8 Å². The van der Waals surface area contributed by atoms with E-state index in [4.69, 9.17) is 0 Å². The van der Waals surface area contributed by atoms with Gasteiger partial charge in [0.1, 0.15) is 17.4 Å². The van der Waals surface area contributed by atoms with Crippen LogP contribution in [0.1, 0.15) is 56.6 Å². The van der Waals surface area contributed by atoms with Gasteiger partial charge in [-0.25, -0.2) is 8.78 Å². The number of Topliss-reactive ketones (excluding diaryl/α,β-unsaturated/α-hetero) is 1. The number of likely N-dealkylation sites (tertiary alicyclic amines) is 1. The lowest BCUT2D eigenvalue weighted by Crippen LogP contribution is -2.47. The average molecular weight is 385 g/mol. The third-order valence-corrected chi connectivity index (χ3v) is 5.74. The SMILES string of the molecule is CCCCC(=O)CC1(c2c(F)cccc2F)CCCN(Cc2ccccc2)C1. The van der Waals surface area contributed by atoms with E-state index >= 15 is 0 Å². The maximum absolute atomic E-state index is 14.8. The van der Waals surface area contributed by atoms with Crippen molar-refractivity contribution in [3.05, 3.63) is 71.3 Å². The molecule has 1 aliphatic rings. The predicted octanol–water partition coefficient (Wildman–Crippen LogP) is 5.65. The van der Waals surface area contributed by atoms with Crippen LogP contribution in [-0.4, -0.2) is 23.8 Å². The van der Waals surface area contributed by atoms with Gasteiger partial charge in [0.15, 0.2) is 0 Å². The monoisotopic (exact) mass is 385 g/mol. The molecule has 1 atom stereocenters. The van der Waals surface area contributed by atoms with Crippen LogP contribution in [0.3, 0.4) is 0 Å². The molecule has 3 rings (SSSR count). The van der Waals surface area contributed by atoms with Gasteiger partial charge in [0, 0.05) is 36.9 Å². The molecule has 28 heavy (non-hydrogen) atoms. The number of halogens is 2. The Bertz CT molecular complexity index is 772. The first-order chi connectivity index (χ1) is 13.5. The summed E-state index contributed by atoms with van der Waals surface area (Å²) < 4.78 is 29.5. The van der Waals surface area contributed by atoms with Gasteiger partial charge in [-0.15, -0.1) is 0 Å². The predicted molar refractivity (Wildman–Crippen MR) is 108 cm³/mol. The third-order valence-electron chi connectivity index (χ3n) is 5.74. The zero-order chi connectivity index (χ0) is 20.0. The average Bonchev–Trinajstić information content (AvgIpc) is 2.67. The lowest BCUT2D eigenvalue weighted by atomic mass is 9.70. The van der Waals surface area contributed by atoms with E-state index in [9.17, 15) is 13.6 Å². The highest BCUT2D eigenvalue weighted by Crippen LogP contribution is 2.41. The molecule has 0 bridgehead atoms. The summed E-state index contributed by atoms with van der Waals surface area (Å²) in [6.45, 7) is 4.14. The number of carbonyl (C=O) groups excluding carboxylic acids is 1. The van der Waals surface area contributed by atoms with Crippen molar-refractivity contribution in [2.24, 2.45) is 0 Å². The molecule has 4 heteroatoms. The van der Waals surface area contributed by atoms with Gasteiger partial charge in [0.25, 0.3) is 0 Å². The molecular formula is C24H29F2NO. The van der Waals surface area contributed by atoms with Crippen LogP contribution in [0.4, 0.5) is 8.78 Å². The second-order valence-corrected chi connectivity index (χ2v) is 8.00. The van der Waals surface area contributed by atoms with Gasteiger partial charge in [-0.05, 0) is 43.5 Å². The summed E-state index contributed by atoms with van der Waals surface area (Å²) in [5.74, 6) is -0.972. The Kier molecular flexibility index (Phi) is 6.95. The van der Waals surface area contributed by atoms with E-state index in [2.05, 4.69) is 17.0 Å². The van der Waals surface area contributed by atoms with Gasteiger partial charge >= 0.3 is 0 Å². The minimum absolute atomic E-state index is 0.0950. The Morgan fingerprint density at radius 1 is 1.07 bits per heavy atom. The fourth-order valence-electron chi connectivity index (χ4n) is 4.48. The van der Waals surface area contributed by atoms with E-state index in [0.717, 1.165) is 32.4 Å². The Labute approximate surface area is 166 Å². The number of hydrogen-bond acceptors (Lipinski definition) is 2.